The number of nitrogens with one attached hydrogen (secondary N) is 1. The number of benzene rings is 1. The third-order valence-electron chi connectivity index (χ3n) is 2.57. The second-order valence-corrected chi connectivity index (χ2v) is 4.15. The second-order valence-electron chi connectivity index (χ2n) is 4.15. The summed E-state index contributed by atoms with van der Waals surface area (Å²) in [5.74, 6) is -0.282. The molecule has 0 radical (unpaired) electrons. The van der Waals surface area contributed by atoms with Crippen LogP contribution in [0.3, 0.4) is 0 Å². The Hall–Kier alpha value is -1.39. The maximum absolute atomic E-state index is 10.8. The number of ether oxygens (including phenoxy) is 1. The minimum Gasteiger partial charge on any atom is -0.380 e. The highest BCUT2D eigenvalue weighted by atomic mass is 16.5. The smallest absolute Gasteiger partial charge is 0.218 e. The summed E-state index contributed by atoms with van der Waals surface area (Å²) in [5, 5.41) is 3.27. The molecule has 17 heavy (non-hydrogen) atoms. The SMILES string of the molecule is COCc1ccccc1CNC(C)CC(N)=O. The Bertz CT molecular complexity index is 366. The molecule has 4 heteroatoms. The first-order valence-corrected chi connectivity index (χ1v) is 5.71. The average Bonchev–Trinajstić information content (AvgIpc) is 2.27. The topological polar surface area (TPSA) is 64.3 Å². The highest BCUT2D eigenvalue weighted by Gasteiger charge is 2.06. The molecule has 0 aliphatic heterocycles. The van der Waals surface area contributed by atoms with E-state index in [4.69, 9.17) is 10.5 Å². The second kappa shape index (κ2) is 7.04. The summed E-state index contributed by atoms with van der Waals surface area (Å²) >= 11 is 0. The predicted molar refractivity (Wildman–Crippen MR) is 67.3 cm³/mol. The fourth-order valence-corrected chi connectivity index (χ4v) is 1.68. The van der Waals surface area contributed by atoms with Gasteiger partial charge in [0.1, 0.15) is 0 Å². The zero-order chi connectivity index (χ0) is 12.7. The van der Waals surface area contributed by atoms with Crippen molar-refractivity contribution in [3.63, 3.8) is 0 Å². The van der Waals surface area contributed by atoms with Crippen LogP contribution in [-0.2, 0) is 22.7 Å². The summed E-state index contributed by atoms with van der Waals surface area (Å²) in [6.45, 7) is 3.26. The van der Waals surface area contributed by atoms with Crippen LogP contribution in [0, 0.1) is 0 Å². The molecule has 0 fully saturated rings. The van der Waals surface area contributed by atoms with Crippen molar-refractivity contribution in [2.24, 2.45) is 5.73 Å². The molecule has 0 aliphatic rings. The van der Waals surface area contributed by atoms with Gasteiger partial charge in [-0.3, -0.25) is 4.79 Å². The van der Waals surface area contributed by atoms with Crippen LogP contribution in [0.4, 0.5) is 0 Å². The molecule has 1 aromatic carbocycles. The molecule has 0 saturated carbocycles. The number of methoxy groups -OCH3 is 1. The van der Waals surface area contributed by atoms with E-state index in [1.165, 1.54) is 5.56 Å². The van der Waals surface area contributed by atoms with Crippen LogP contribution >= 0.6 is 0 Å². The van der Waals surface area contributed by atoms with E-state index in [1.54, 1.807) is 7.11 Å². The summed E-state index contributed by atoms with van der Waals surface area (Å²) in [4.78, 5) is 10.8. The molecule has 1 aromatic rings. The molecule has 1 unspecified atom stereocenters. The van der Waals surface area contributed by atoms with Gasteiger partial charge in [-0.15, -0.1) is 0 Å². The monoisotopic (exact) mass is 236 g/mol. The Labute approximate surface area is 102 Å². The number of hydrogen-bond donors (Lipinski definition) is 2. The standard InChI is InChI=1S/C13H20N2O2/c1-10(7-13(14)16)15-8-11-5-3-4-6-12(11)9-17-2/h3-6,10,15H,7-9H2,1-2H3,(H2,14,16). The lowest BCUT2D eigenvalue weighted by molar-refractivity contribution is -0.118. The van der Waals surface area contributed by atoms with E-state index >= 15 is 0 Å². The predicted octanol–water partition coefficient (Wildman–Crippen LogP) is 1.19. The molecule has 0 aliphatic carbocycles. The zero-order valence-electron chi connectivity index (χ0n) is 10.4. The summed E-state index contributed by atoms with van der Waals surface area (Å²) in [6, 6.07) is 8.17. The molecule has 3 N–H and O–H groups in total. The van der Waals surface area contributed by atoms with Gasteiger partial charge in [-0.1, -0.05) is 24.3 Å². The van der Waals surface area contributed by atoms with Crippen LogP contribution in [0.15, 0.2) is 24.3 Å². The van der Waals surface area contributed by atoms with Crippen molar-refractivity contribution in [1.82, 2.24) is 5.32 Å². The first kappa shape index (κ1) is 13.7. The number of amides is 1. The molecule has 0 spiro atoms. The first-order chi connectivity index (χ1) is 8.13. The fourth-order valence-electron chi connectivity index (χ4n) is 1.68. The molecular weight excluding hydrogens is 216 g/mol. The Morgan fingerprint density at radius 2 is 2.06 bits per heavy atom. The van der Waals surface area contributed by atoms with Crippen molar-refractivity contribution in [2.45, 2.75) is 32.5 Å². The highest BCUT2D eigenvalue weighted by molar-refractivity contribution is 5.74. The van der Waals surface area contributed by atoms with E-state index in [0.717, 1.165) is 5.56 Å². The molecular formula is C13H20N2O2. The van der Waals surface area contributed by atoms with Crippen LogP contribution in [0.2, 0.25) is 0 Å². The third kappa shape index (κ3) is 4.97. The summed E-state index contributed by atoms with van der Waals surface area (Å²) in [7, 11) is 1.68. The van der Waals surface area contributed by atoms with Crippen LogP contribution in [0.1, 0.15) is 24.5 Å². The lowest BCUT2D eigenvalue weighted by atomic mass is 10.1. The van der Waals surface area contributed by atoms with Gasteiger partial charge >= 0.3 is 0 Å². The normalized spacial score (nSPS) is 12.4. The van der Waals surface area contributed by atoms with E-state index in [1.807, 2.05) is 25.1 Å². The van der Waals surface area contributed by atoms with Crippen molar-refractivity contribution in [3.8, 4) is 0 Å². The Morgan fingerprint density at radius 3 is 2.65 bits per heavy atom. The van der Waals surface area contributed by atoms with Gasteiger partial charge in [0.25, 0.3) is 0 Å². The quantitative estimate of drug-likeness (QED) is 0.747. The van der Waals surface area contributed by atoms with Crippen molar-refractivity contribution >= 4 is 5.91 Å². The Morgan fingerprint density at radius 1 is 1.41 bits per heavy atom. The van der Waals surface area contributed by atoms with E-state index < -0.39 is 0 Å². The van der Waals surface area contributed by atoms with Crippen molar-refractivity contribution in [3.05, 3.63) is 35.4 Å². The van der Waals surface area contributed by atoms with Crippen LogP contribution in [-0.4, -0.2) is 19.1 Å². The van der Waals surface area contributed by atoms with Crippen molar-refractivity contribution in [1.29, 1.82) is 0 Å². The maximum Gasteiger partial charge on any atom is 0.218 e. The van der Waals surface area contributed by atoms with Gasteiger partial charge < -0.3 is 15.8 Å². The summed E-state index contributed by atoms with van der Waals surface area (Å²) < 4.78 is 5.14. The molecule has 1 atom stereocenters. The van der Waals surface area contributed by atoms with Gasteiger partial charge in [0.15, 0.2) is 0 Å². The van der Waals surface area contributed by atoms with Crippen LogP contribution in [0.5, 0.6) is 0 Å². The van der Waals surface area contributed by atoms with Gasteiger partial charge in [-0.05, 0) is 18.1 Å². The number of primary amides is 1. The lowest BCUT2D eigenvalue weighted by Crippen LogP contribution is -2.30. The van der Waals surface area contributed by atoms with Gasteiger partial charge in [0.2, 0.25) is 5.91 Å². The molecule has 1 rings (SSSR count). The van der Waals surface area contributed by atoms with E-state index in [-0.39, 0.29) is 11.9 Å². The Kier molecular flexibility index (Phi) is 5.66. The van der Waals surface area contributed by atoms with Crippen LogP contribution < -0.4 is 11.1 Å². The number of carbonyl (C=O) groups is 1. The highest BCUT2D eigenvalue weighted by Crippen LogP contribution is 2.10. The minimum absolute atomic E-state index is 0.0862. The van der Waals surface area contributed by atoms with Gasteiger partial charge in [-0.25, -0.2) is 0 Å². The minimum atomic E-state index is -0.282. The maximum atomic E-state index is 10.8. The van der Waals surface area contributed by atoms with Gasteiger partial charge in [-0.2, -0.15) is 0 Å². The average molecular weight is 236 g/mol. The molecule has 94 valence electrons. The fraction of sp³-hybridized carbons (Fsp3) is 0.462. The molecule has 4 nitrogen and oxygen atoms in total. The summed E-state index contributed by atoms with van der Waals surface area (Å²) in [6.07, 6.45) is 0.354. The number of hydrogen-bond acceptors (Lipinski definition) is 3. The van der Waals surface area contributed by atoms with E-state index in [9.17, 15) is 4.79 Å². The van der Waals surface area contributed by atoms with E-state index in [2.05, 4.69) is 11.4 Å². The van der Waals surface area contributed by atoms with E-state index in [0.29, 0.717) is 19.6 Å². The molecule has 0 aromatic heterocycles. The first-order valence-electron chi connectivity index (χ1n) is 5.71. The van der Waals surface area contributed by atoms with Crippen molar-refractivity contribution < 1.29 is 9.53 Å². The van der Waals surface area contributed by atoms with Crippen molar-refractivity contribution in [2.75, 3.05) is 7.11 Å². The lowest BCUT2D eigenvalue weighted by Gasteiger charge is -2.14. The van der Waals surface area contributed by atoms with Gasteiger partial charge in [0, 0.05) is 26.1 Å². The molecule has 0 bridgehead atoms. The molecule has 0 heterocycles. The van der Waals surface area contributed by atoms with Crippen LogP contribution in [0.25, 0.3) is 0 Å². The number of nitrogens with two attached hydrogens (primary N) is 1. The molecule has 1 amide bonds. The zero-order valence-corrected chi connectivity index (χ0v) is 10.4. The summed E-state index contributed by atoms with van der Waals surface area (Å²) in [5.41, 5.74) is 7.49. The Balaban J connectivity index is 2.53. The number of carbonyl (C=O) groups excluding carboxylic acids is 1. The molecule has 0 saturated heterocycles. The third-order valence-corrected chi connectivity index (χ3v) is 2.57. The van der Waals surface area contributed by atoms with Gasteiger partial charge in [0.05, 0.1) is 6.61 Å². The largest absolute Gasteiger partial charge is 0.380 e. The number of rotatable bonds is 7.